The number of methoxy groups -OCH3 is 1. The van der Waals surface area contributed by atoms with Crippen LogP contribution >= 0.6 is 0 Å². The molecule has 0 saturated heterocycles. The largest absolute Gasteiger partial charge is 0.377 e. The third-order valence-electron chi connectivity index (χ3n) is 4.16. The van der Waals surface area contributed by atoms with Crippen LogP contribution in [-0.2, 0) is 24.3 Å². The number of nitrogens with zero attached hydrogens (tertiary/aromatic N) is 3. The van der Waals surface area contributed by atoms with Crippen molar-refractivity contribution in [2.24, 2.45) is 0 Å². The first kappa shape index (κ1) is 16.1. The van der Waals surface area contributed by atoms with E-state index in [9.17, 15) is 4.39 Å². The Labute approximate surface area is 135 Å². The van der Waals surface area contributed by atoms with Crippen LogP contribution in [-0.4, -0.2) is 27.9 Å². The molecule has 5 nitrogen and oxygen atoms in total. The smallest absolute Gasteiger partial charge is 0.176 e. The van der Waals surface area contributed by atoms with E-state index >= 15 is 0 Å². The monoisotopic (exact) mass is 318 g/mol. The molecule has 3 rings (SSSR count). The summed E-state index contributed by atoms with van der Waals surface area (Å²) in [4.78, 5) is 4.59. The second-order valence-electron chi connectivity index (χ2n) is 6.10. The average molecular weight is 318 g/mol. The van der Waals surface area contributed by atoms with E-state index in [0.29, 0.717) is 13.0 Å². The van der Waals surface area contributed by atoms with E-state index in [1.54, 1.807) is 13.2 Å². The maximum Gasteiger partial charge on any atom is 0.176 e. The van der Waals surface area contributed by atoms with Gasteiger partial charge in [-0.05, 0) is 37.8 Å². The zero-order chi connectivity index (χ0) is 16.2. The van der Waals surface area contributed by atoms with Crippen molar-refractivity contribution in [2.75, 3.05) is 7.11 Å². The number of ether oxygens (including phenoxy) is 1. The van der Waals surface area contributed by atoms with Gasteiger partial charge in [-0.1, -0.05) is 18.2 Å². The van der Waals surface area contributed by atoms with E-state index in [4.69, 9.17) is 4.74 Å². The Hall–Kier alpha value is -1.79. The third-order valence-corrected chi connectivity index (χ3v) is 4.16. The number of nitrogens with one attached hydrogen (secondary N) is 1. The first-order valence-electron chi connectivity index (χ1n) is 8.09. The second kappa shape index (κ2) is 7.19. The topological polar surface area (TPSA) is 52.0 Å². The van der Waals surface area contributed by atoms with E-state index in [2.05, 4.69) is 22.3 Å². The molecule has 0 amide bonds. The van der Waals surface area contributed by atoms with Crippen LogP contribution in [0.25, 0.3) is 0 Å². The Morgan fingerprint density at radius 2 is 2.26 bits per heavy atom. The van der Waals surface area contributed by atoms with Crippen LogP contribution in [0.15, 0.2) is 24.3 Å². The molecule has 0 spiro atoms. The lowest BCUT2D eigenvalue weighted by atomic mass is 10.0. The molecular formula is C17H23FN4O. The molecule has 0 saturated carbocycles. The minimum absolute atomic E-state index is 0.143. The van der Waals surface area contributed by atoms with Gasteiger partial charge in [0.25, 0.3) is 0 Å². The second-order valence-corrected chi connectivity index (χ2v) is 6.10. The quantitative estimate of drug-likeness (QED) is 0.889. The number of halogens is 1. The summed E-state index contributed by atoms with van der Waals surface area (Å²) in [6.45, 7) is 3.40. The van der Waals surface area contributed by atoms with Gasteiger partial charge in [0.05, 0.1) is 6.04 Å². The van der Waals surface area contributed by atoms with Crippen LogP contribution in [0.3, 0.4) is 0 Å². The number of aromatic nitrogens is 3. The zero-order valence-corrected chi connectivity index (χ0v) is 13.6. The summed E-state index contributed by atoms with van der Waals surface area (Å²) in [7, 11) is 1.65. The standard InChI is InChI=1S/C17H23FN4O/c1-12(10-13-6-3-4-7-14(13)18)19-15-8-5-9-22-17(15)20-16(21-22)11-23-2/h3-4,6-7,12,15,19H,5,8-11H2,1-2H3/t12-,15+/m1/s1. The highest BCUT2D eigenvalue weighted by Gasteiger charge is 2.25. The first-order chi connectivity index (χ1) is 11.2. The molecular weight excluding hydrogens is 295 g/mol. The molecule has 1 aliphatic rings. The molecule has 0 bridgehead atoms. The van der Waals surface area contributed by atoms with Gasteiger partial charge in [0, 0.05) is 19.7 Å². The number of aryl methyl sites for hydroxylation is 1. The molecule has 2 atom stereocenters. The molecule has 1 aromatic heterocycles. The maximum absolute atomic E-state index is 13.8. The van der Waals surface area contributed by atoms with Crippen molar-refractivity contribution in [1.82, 2.24) is 20.1 Å². The van der Waals surface area contributed by atoms with E-state index < -0.39 is 0 Å². The van der Waals surface area contributed by atoms with Crippen LogP contribution in [0.5, 0.6) is 0 Å². The van der Waals surface area contributed by atoms with Crippen molar-refractivity contribution in [3.05, 3.63) is 47.3 Å². The predicted octanol–water partition coefficient (Wildman–Crippen LogP) is 2.62. The van der Waals surface area contributed by atoms with Crippen LogP contribution in [0.1, 0.15) is 43.0 Å². The Balaban J connectivity index is 1.68. The molecule has 124 valence electrons. The fraction of sp³-hybridized carbons (Fsp3) is 0.529. The van der Waals surface area contributed by atoms with Crippen LogP contribution in [0.4, 0.5) is 4.39 Å². The van der Waals surface area contributed by atoms with E-state index in [1.165, 1.54) is 6.07 Å². The van der Waals surface area contributed by atoms with Crippen molar-refractivity contribution in [1.29, 1.82) is 0 Å². The van der Waals surface area contributed by atoms with Crippen molar-refractivity contribution in [2.45, 2.75) is 51.4 Å². The highest BCUT2D eigenvalue weighted by molar-refractivity contribution is 5.18. The van der Waals surface area contributed by atoms with Crippen molar-refractivity contribution in [3.63, 3.8) is 0 Å². The number of hydrogen-bond donors (Lipinski definition) is 1. The number of fused-ring (bicyclic) bond motifs is 1. The van der Waals surface area contributed by atoms with E-state index in [-0.39, 0.29) is 17.9 Å². The fourth-order valence-corrected chi connectivity index (χ4v) is 3.14. The first-order valence-corrected chi connectivity index (χ1v) is 8.09. The lowest BCUT2D eigenvalue weighted by Crippen LogP contribution is -2.36. The highest BCUT2D eigenvalue weighted by atomic mass is 19.1. The van der Waals surface area contributed by atoms with Gasteiger partial charge in [-0.25, -0.2) is 14.1 Å². The van der Waals surface area contributed by atoms with E-state index in [0.717, 1.165) is 36.6 Å². The van der Waals surface area contributed by atoms with Crippen molar-refractivity contribution < 1.29 is 9.13 Å². The lowest BCUT2D eigenvalue weighted by Gasteiger charge is -2.26. The SMILES string of the molecule is COCc1nc2n(n1)CCC[C@@H]2N[C@H](C)Cc1ccccc1F. The molecule has 0 radical (unpaired) electrons. The van der Waals surface area contributed by atoms with Gasteiger partial charge in [-0.2, -0.15) is 5.10 Å². The van der Waals surface area contributed by atoms with Crippen molar-refractivity contribution in [3.8, 4) is 0 Å². The summed E-state index contributed by atoms with van der Waals surface area (Å²) in [6, 6.07) is 7.26. The molecule has 0 aliphatic carbocycles. The van der Waals surface area contributed by atoms with Gasteiger partial charge < -0.3 is 10.1 Å². The van der Waals surface area contributed by atoms with Crippen LogP contribution < -0.4 is 5.32 Å². The minimum Gasteiger partial charge on any atom is -0.377 e. The van der Waals surface area contributed by atoms with Gasteiger partial charge in [0.15, 0.2) is 5.82 Å². The molecule has 0 fully saturated rings. The Bertz CT molecular complexity index is 658. The Morgan fingerprint density at radius 3 is 3.04 bits per heavy atom. The lowest BCUT2D eigenvalue weighted by molar-refractivity contribution is 0.177. The minimum atomic E-state index is -0.143. The van der Waals surface area contributed by atoms with Gasteiger partial charge in [-0.3, -0.25) is 0 Å². The number of benzene rings is 1. The van der Waals surface area contributed by atoms with Crippen LogP contribution in [0.2, 0.25) is 0 Å². The molecule has 2 aromatic rings. The van der Waals surface area contributed by atoms with Gasteiger partial charge >= 0.3 is 0 Å². The summed E-state index contributed by atoms with van der Waals surface area (Å²) in [5.41, 5.74) is 0.741. The van der Waals surface area contributed by atoms with E-state index in [1.807, 2.05) is 16.8 Å². The van der Waals surface area contributed by atoms with Crippen LogP contribution in [0, 0.1) is 5.82 Å². The van der Waals surface area contributed by atoms with Crippen molar-refractivity contribution >= 4 is 0 Å². The Kier molecular flexibility index (Phi) is 5.03. The summed E-state index contributed by atoms with van der Waals surface area (Å²) in [6.07, 6.45) is 2.74. The maximum atomic E-state index is 13.8. The predicted molar refractivity (Wildman–Crippen MR) is 85.4 cm³/mol. The van der Waals surface area contributed by atoms with Gasteiger partial charge in [0.2, 0.25) is 0 Å². The van der Waals surface area contributed by atoms with Gasteiger partial charge in [-0.15, -0.1) is 0 Å². The summed E-state index contributed by atoms with van der Waals surface area (Å²) >= 11 is 0. The average Bonchev–Trinajstić information content (AvgIpc) is 2.94. The number of hydrogen-bond acceptors (Lipinski definition) is 4. The molecule has 23 heavy (non-hydrogen) atoms. The molecule has 2 heterocycles. The molecule has 1 aromatic carbocycles. The highest BCUT2D eigenvalue weighted by Crippen LogP contribution is 2.24. The molecule has 6 heteroatoms. The normalized spacial score (nSPS) is 18.7. The van der Waals surface area contributed by atoms with Gasteiger partial charge in [0.1, 0.15) is 18.2 Å². The molecule has 1 aliphatic heterocycles. The molecule has 0 unspecified atom stereocenters. The summed E-state index contributed by atoms with van der Waals surface area (Å²) in [5.74, 6) is 1.54. The fourth-order valence-electron chi connectivity index (χ4n) is 3.14. The molecule has 1 N–H and O–H groups in total. The summed E-state index contributed by atoms with van der Waals surface area (Å²) in [5, 5.41) is 8.05. The summed E-state index contributed by atoms with van der Waals surface area (Å²) < 4.78 is 20.9. The zero-order valence-electron chi connectivity index (χ0n) is 13.6. The third kappa shape index (κ3) is 3.76. The Morgan fingerprint density at radius 1 is 1.43 bits per heavy atom. The number of rotatable bonds is 6.